The minimum Gasteiger partial charge on any atom is -0.542 e. The van der Waals surface area contributed by atoms with Gasteiger partial charge < -0.3 is 14.6 Å². The van der Waals surface area contributed by atoms with E-state index in [1.165, 1.54) is 0 Å². The maximum absolute atomic E-state index is 10.8. The monoisotopic (exact) mass is 226 g/mol. The van der Waals surface area contributed by atoms with Gasteiger partial charge in [0.2, 0.25) is 0 Å². The van der Waals surface area contributed by atoms with Crippen molar-refractivity contribution in [2.45, 2.75) is 19.8 Å². The maximum atomic E-state index is 10.8. The topological polar surface area (TPSA) is 49.4 Å². The van der Waals surface area contributed by atoms with Crippen LogP contribution in [0.3, 0.4) is 0 Å². The Balaban J connectivity index is 0.00000128. The van der Waals surface area contributed by atoms with E-state index in [0.717, 1.165) is 11.1 Å². The molecule has 4 heteroatoms. The summed E-state index contributed by atoms with van der Waals surface area (Å²) >= 11 is 0. The molecular weight excluding hydrogens is 215 g/mol. The van der Waals surface area contributed by atoms with Crippen molar-refractivity contribution in [3.8, 4) is 5.75 Å². The second-order valence-corrected chi connectivity index (χ2v) is 3.46. The standard InChI is InChI=1S/C12H12O3.Na/c1-2-8-7-9-5-3-4-6-10(9)15-11(8)12(13)14;/h3-6H,2,7H2,1H3,(H,13,14);/q;+1/p-1. The number of carbonyl (C=O) groups is 1. The predicted octanol–water partition coefficient (Wildman–Crippen LogP) is -1.96. The molecule has 1 aromatic carbocycles. The Morgan fingerprint density at radius 3 is 2.75 bits per heavy atom. The molecule has 0 atom stereocenters. The van der Waals surface area contributed by atoms with E-state index in [0.29, 0.717) is 18.6 Å². The molecular formula is C12H11NaO3. The van der Waals surface area contributed by atoms with Crippen molar-refractivity contribution >= 4 is 5.97 Å². The van der Waals surface area contributed by atoms with E-state index >= 15 is 0 Å². The Hall–Kier alpha value is -0.770. The predicted molar refractivity (Wildman–Crippen MR) is 53.1 cm³/mol. The van der Waals surface area contributed by atoms with Gasteiger partial charge in [0, 0.05) is 6.42 Å². The third-order valence-electron chi connectivity index (χ3n) is 2.52. The zero-order valence-corrected chi connectivity index (χ0v) is 11.4. The van der Waals surface area contributed by atoms with Crippen LogP contribution in [0.2, 0.25) is 0 Å². The molecule has 1 aromatic rings. The summed E-state index contributed by atoms with van der Waals surface area (Å²) in [6.07, 6.45) is 1.30. The first-order chi connectivity index (χ1) is 7.22. The summed E-state index contributed by atoms with van der Waals surface area (Å²) in [6, 6.07) is 7.45. The minimum absolute atomic E-state index is 0. The summed E-state index contributed by atoms with van der Waals surface area (Å²) in [5, 5.41) is 10.8. The van der Waals surface area contributed by atoms with E-state index in [-0.39, 0.29) is 35.3 Å². The van der Waals surface area contributed by atoms with Gasteiger partial charge in [0.1, 0.15) is 17.5 Å². The number of rotatable bonds is 2. The molecule has 16 heavy (non-hydrogen) atoms. The van der Waals surface area contributed by atoms with E-state index in [1.54, 1.807) is 6.07 Å². The molecule has 0 fully saturated rings. The van der Waals surface area contributed by atoms with Crippen LogP contribution in [0.1, 0.15) is 18.9 Å². The summed E-state index contributed by atoms with van der Waals surface area (Å²) < 4.78 is 5.31. The molecule has 1 heterocycles. The van der Waals surface area contributed by atoms with Gasteiger partial charge in [-0.15, -0.1) is 0 Å². The average Bonchev–Trinajstić information content (AvgIpc) is 2.27. The number of para-hydroxylation sites is 1. The van der Waals surface area contributed by atoms with E-state index in [1.807, 2.05) is 25.1 Å². The van der Waals surface area contributed by atoms with E-state index < -0.39 is 5.97 Å². The molecule has 2 rings (SSSR count). The van der Waals surface area contributed by atoms with Crippen LogP contribution in [0, 0.1) is 0 Å². The molecule has 0 aromatic heterocycles. The number of ether oxygens (including phenoxy) is 1. The third-order valence-corrected chi connectivity index (χ3v) is 2.52. The number of fused-ring (bicyclic) bond motifs is 1. The van der Waals surface area contributed by atoms with E-state index in [4.69, 9.17) is 4.74 Å². The fraction of sp³-hybridized carbons (Fsp3) is 0.250. The SMILES string of the molecule is CCC1=C(C(=O)[O-])Oc2ccccc2C1.[Na+]. The molecule has 1 aliphatic rings. The molecule has 0 aliphatic carbocycles. The number of hydrogen-bond acceptors (Lipinski definition) is 3. The first-order valence-corrected chi connectivity index (χ1v) is 4.91. The second kappa shape index (κ2) is 5.53. The Bertz CT molecular complexity index is 438. The van der Waals surface area contributed by atoms with Gasteiger partial charge in [-0.05, 0) is 23.6 Å². The summed E-state index contributed by atoms with van der Waals surface area (Å²) in [6.45, 7) is 1.91. The number of allylic oxidation sites excluding steroid dienone is 1. The van der Waals surface area contributed by atoms with E-state index in [2.05, 4.69) is 0 Å². The van der Waals surface area contributed by atoms with Crippen LogP contribution in [0.25, 0.3) is 0 Å². The van der Waals surface area contributed by atoms with Crippen LogP contribution in [0.4, 0.5) is 0 Å². The van der Waals surface area contributed by atoms with Gasteiger partial charge in [-0.25, -0.2) is 0 Å². The summed E-state index contributed by atoms with van der Waals surface area (Å²) in [4.78, 5) is 10.8. The van der Waals surface area contributed by atoms with Gasteiger partial charge in [-0.2, -0.15) is 0 Å². The molecule has 0 N–H and O–H groups in total. The number of carbonyl (C=O) groups excluding carboxylic acids is 1. The van der Waals surface area contributed by atoms with Crippen LogP contribution in [0.5, 0.6) is 5.75 Å². The van der Waals surface area contributed by atoms with Crippen LogP contribution in [-0.2, 0) is 11.2 Å². The molecule has 0 saturated carbocycles. The van der Waals surface area contributed by atoms with Crippen molar-refractivity contribution in [1.82, 2.24) is 0 Å². The van der Waals surface area contributed by atoms with Gasteiger partial charge in [-0.3, -0.25) is 0 Å². The molecule has 3 nitrogen and oxygen atoms in total. The van der Waals surface area contributed by atoms with Crippen molar-refractivity contribution in [3.05, 3.63) is 41.2 Å². The first kappa shape index (κ1) is 13.3. The van der Waals surface area contributed by atoms with Crippen LogP contribution < -0.4 is 39.4 Å². The Morgan fingerprint density at radius 2 is 2.12 bits per heavy atom. The average molecular weight is 226 g/mol. The third kappa shape index (κ3) is 2.48. The molecule has 78 valence electrons. The zero-order chi connectivity index (χ0) is 10.8. The Morgan fingerprint density at radius 1 is 1.44 bits per heavy atom. The van der Waals surface area contributed by atoms with Gasteiger partial charge in [0.25, 0.3) is 0 Å². The second-order valence-electron chi connectivity index (χ2n) is 3.46. The van der Waals surface area contributed by atoms with Crippen LogP contribution >= 0.6 is 0 Å². The van der Waals surface area contributed by atoms with Gasteiger partial charge in [0.05, 0.1) is 0 Å². The van der Waals surface area contributed by atoms with Crippen LogP contribution in [0.15, 0.2) is 35.6 Å². The maximum Gasteiger partial charge on any atom is 1.00 e. The normalized spacial score (nSPS) is 13.6. The van der Waals surface area contributed by atoms with Crippen molar-refractivity contribution in [3.63, 3.8) is 0 Å². The fourth-order valence-electron chi connectivity index (χ4n) is 1.71. The van der Waals surface area contributed by atoms with Crippen molar-refractivity contribution in [2.75, 3.05) is 0 Å². The summed E-state index contributed by atoms with van der Waals surface area (Å²) in [5.74, 6) is -0.633. The molecule has 0 amide bonds. The molecule has 0 unspecified atom stereocenters. The first-order valence-electron chi connectivity index (χ1n) is 4.91. The van der Waals surface area contributed by atoms with Crippen molar-refractivity contribution in [2.24, 2.45) is 0 Å². The number of aliphatic carboxylic acids is 1. The van der Waals surface area contributed by atoms with Crippen molar-refractivity contribution < 1.29 is 44.2 Å². The van der Waals surface area contributed by atoms with Gasteiger partial charge >= 0.3 is 29.6 Å². The fourth-order valence-corrected chi connectivity index (χ4v) is 1.71. The van der Waals surface area contributed by atoms with Gasteiger partial charge in [0.15, 0.2) is 0 Å². The molecule has 1 aliphatic heterocycles. The Labute approximate surface area is 116 Å². The Kier molecular flexibility index (Phi) is 4.59. The molecule has 0 bridgehead atoms. The molecule has 0 saturated heterocycles. The number of carboxylic acids is 1. The minimum atomic E-state index is -1.23. The quantitative estimate of drug-likeness (QED) is 0.550. The molecule has 0 spiro atoms. The zero-order valence-electron chi connectivity index (χ0n) is 9.45. The number of carboxylic acid groups (broad SMARTS) is 1. The van der Waals surface area contributed by atoms with Crippen molar-refractivity contribution in [1.29, 1.82) is 0 Å². The van der Waals surface area contributed by atoms with Gasteiger partial charge in [-0.1, -0.05) is 25.1 Å². The van der Waals surface area contributed by atoms with Crippen LogP contribution in [-0.4, -0.2) is 5.97 Å². The van der Waals surface area contributed by atoms with E-state index in [9.17, 15) is 9.90 Å². The smallest absolute Gasteiger partial charge is 0.542 e. The molecule has 0 radical (unpaired) electrons. The summed E-state index contributed by atoms with van der Waals surface area (Å²) in [5.41, 5.74) is 1.81. The number of hydrogen-bond donors (Lipinski definition) is 0. The largest absolute Gasteiger partial charge is 1.00 e. The number of benzene rings is 1. The summed E-state index contributed by atoms with van der Waals surface area (Å²) in [7, 11) is 0.